The summed E-state index contributed by atoms with van der Waals surface area (Å²) >= 11 is 6.98. The van der Waals surface area contributed by atoms with Crippen molar-refractivity contribution in [1.82, 2.24) is 9.36 Å². The van der Waals surface area contributed by atoms with E-state index in [4.69, 9.17) is 11.6 Å². The van der Waals surface area contributed by atoms with Crippen LogP contribution < -0.4 is 4.90 Å². The molecular weight excluding hydrogens is 262 g/mol. The highest BCUT2D eigenvalue weighted by Gasteiger charge is 2.39. The van der Waals surface area contributed by atoms with Crippen molar-refractivity contribution in [3.05, 3.63) is 16.4 Å². The number of aliphatic hydroxyl groups excluding tert-OH is 1. The van der Waals surface area contributed by atoms with Gasteiger partial charge < -0.3 is 5.11 Å². The lowest BCUT2D eigenvalue weighted by atomic mass is 10.3. The predicted octanol–water partition coefficient (Wildman–Crippen LogP) is 1.59. The number of hydrogen-bond acceptors (Lipinski definition) is 5. The van der Waals surface area contributed by atoms with Crippen LogP contribution in [-0.4, -0.2) is 26.6 Å². The molecule has 1 aromatic rings. The third-order valence-electron chi connectivity index (χ3n) is 2.95. The van der Waals surface area contributed by atoms with Crippen LogP contribution in [0.5, 0.6) is 0 Å². The Labute approximate surface area is 107 Å². The number of anilines is 1. The first-order valence-electron chi connectivity index (χ1n) is 5.31. The van der Waals surface area contributed by atoms with E-state index in [-0.39, 0.29) is 10.9 Å². The van der Waals surface area contributed by atoms with Gasteiger partial charge in [-0.15, -0.1) is 0 Å². The van der Waals surface area contributed by atoms with Crippen LogP contribution in [0.15, 0.2) is 10.6 Å². The molecule has 0 aromatic carbocycles. The normalized spacial score (nSPS) is 25.0. The van der Waals surface area contributed by atoms with Gasteiger partial charge in [0, 0.05) is 23.0 Å². The van der Waals surface area contributed by atoms with E-state index < -0.39 is 6.23 Å². The van der Waals surface area contributed by atoms with Gasteiger partial charge in [-0.25, -0.2) is 4.98 Å². The summed E-state index contributed by atoms with van der Waals surface area (Å²) in [5.41, 5.74) is 0.363. The molecular formula is C10H10ClN3O2S. The zero-order valence-corrected chi connectivity index (χ0v) is 10.6. The predicted molar refractivity (Wildman–Crippen MR) is 63.9 cm³/mol. The highest BCUT2D eigenvalue weighted by molar-refractivity contribution is 7.10. The van der Waals surface area contributed by atoms with Gasteiger partial charge in [-0.05, 0) is 19.8 Å². The minimum absolute atomic E-state index is 0.165. The average molecular weight is 272 g/mol. The smallest absolute Gasteiger partial charge is 0.259 e. The van der Waals surface area contributed by atoms with Crippen LogP contribution in [0.2, 0.25) is 0 Å². The van der Waals surface area contributed by atoms with Crippen molar-refractivity contribution in [3.63, 3.8) is 0 Å². The van der Waals surface area contributed by atoms with E-state index in [0.29, 0.717) is 16.6 Å². The first-order chi connectivity index (χ1) is 8.09. The van der Waals surface area contributed by atoms with E-state index in [2.05, 4.69) is 9.36 Å². The summed E-state index contributed by atoms with van der Waals surface area (Å²) in [6, 6.07) is 0. The summed E-state index contributed by atoms with van der Waals surface area (Å²) in [4.78, 5) is 17.4. The third kappa shape index (κ3) is 1.67. The molecule has 1 N–H and O–H groups in total. The third-order valence-corrected chi connectivity index (χ3v) is 4.16. The number of hydrogen-bond donors (Lipinski definition) is 1. The number of carbonyl (C=O) groups excluding carboxylic acids is 1. The molecule has 1 atom stereocenters. The quantitative estimate of drug-likeness (QED) is 0.887. The van der Waals surface area contributed by atoms with Crippen LogP contribution in [-0.2, 0) is 4.79 Å². The average Bonchev–Trinajstić information content (AvgIpc) is 3.03. The summed E-state index contributed by atoms with van der Waals surface area (Å²) in [5.74, 6) is 0.894. The second-order valence-electron chi connectivity index (χ2n) is 4.23. The lowest BCUT2D eigenvalue weighted by Crippen LogP contribution is -2.34. The molecule has 90 valence electrons. The fraction of sp³-hybridized carbons (Fsp3) is 0.500. The van der Waals surface area contributed by atoms with Gasteiger partial charge in [0.05, 0.1) is 5.03 Å². The summed E-state index contributed by atoms with van der Waals surface area (Å²) in [5, 5.41) is 10.5. The minimum Gasteiger partial charge on any atom is -0.368 e. The Morgan fingerprint density at radius 3 is 2.76 bits per heavy atom. The molecule has 7 heteroatoms. The van der Waals surface area contributed by atoms with Gasteiger partial charge in [-0.1, -0.05) is 11.6 Å². The van der Waals surface area contributed by atoms with Crippen molar-refractivity contribution in [2.24, 2.45) is 0 Å². The second kappa shape index (κ2) is 3.76. The Kier molecular flexibility index (Phi) is 2.46. The van der Waals surface area contributed by atoms with Crippen molar-refractivity contribution in [3.8, 4) is 0 Å². The lowest BCUT2D eigenvalue weighted by molar-refractivity contribution is -0.115. The summed E-state index contributed by atoms with van der Waals surface area (Å²) in [6.07, 6.45) is 1.08. The zero-order valence-electron chi connectivity index (χ0n) is 9.05. The van der Waals surface area contributed by atoms with Crippen LogP contribution in [0.25, 0.3) is 0 Å². The van der Waals surface area contributed by atoms with Crippen molar-refractivity contribution < 1.29 is 9.90 Å². The van der Waals surface area contributed by atoms with E-state index in [1.807, 2.05) is 0 Å². The summed E-state index contributed by atoms with van der Waals surface area (Å²) in [6.45, 7) is 1.59. The SMILES string of the molecule is CC1=C(Cl)C(O)N(c2nc(C3CC3)ns2)C1=O. The Morgan fingerprint density at radius 1 is 1.53 bits per heavy atom. The molecule has 2 aliphatic rings. The molecule has 1 aliphatic heterocycles. The van der Waals surface area contributed by atoms with Crippen LogP contribution in [0.4, 0.5) is 5.13 Å². The van der Waals surface area contributed by atoms with E-state index >= 15 is 0 Å². The number of amides is 1. The van der Waals surface area contributed by atoms with Crippen molar-refractivity contribution in [1.29, 1.82) is 0 Å². The largest absolute Gasteiger partial charge is 0.368 e. The number of aromatic nitrogens is 2. The van der Waals surface area contributed by atoms with Gasteiger partial charge >= 0.3 is 0 Å². The number of nitrogens with zero attached hydrogens (tertiary/aromatic N) is 3. The Hall–Kier alpha value is -0.980. The molecule has 5 nitrogen and oxygen atoms in total. The Balaban J connectivity index is 1.91. The van der Waals surface area contributed by atoms with Crippen molar-refractivity contribution >= 4 is 34.2 Å². The molecule has 0 radical (unpaired) electrons. The molecule has 2 heterocycles. The maximum atomic E-state index is 11.9. The van der Waals surface area contributed by atoms with Crippen LogP contribution in [0, 0.1) is 0 Å². The highest BCUT2D eigenvalue weighted by atomic mass is 35.5. The fourth-order valence-electron chi connectivity index (χ4n) is 1.72. The van der Waals surface area contributed by atoms with E-state index in [1.165, 1.54) is 4.90 Å². The van der Waals surface area contributed by atoms with Crippen LogP contribution in [0.1, 0.15) is 31.5 Å². The Bertz CT molecular complexity index is 523. The number of rotatable bonds is 2. The maximum absolute atomic E-state index is 11.9. The first kappa shape index (κ1) is 11.1. The second-order valence-corrected chi connectivity index (χ2v) is 5.37. The summed E-state index contributed by atoms with van der Waals surface area (Å²) in [7, 11) is 0. The number of halogens is 1. The van der Waals surface area contributed by atoms with E-state index in [0.717, 1.165) is 30.2 Å². The van der Waals surface area contributed by atoms with Gasteiger partial charge in [-0.3, -0.25) is 9.69 Å². The molecule has 17 heavy (non-hydrogen) atoms. The van der Waals surface area contributed by atoms with Gasteiger partial charge in [0.15, 0.2) is 6.23 Å². The molecule has 1 saturated carbocycles. The maximum Gasteiger partial charge on any atom is 0.259 e. The molecule has 1 unspecified atom stereocenters. The molecule has 1 amide bonds. The molecule has 1 fully saturated rings. The zero-order chi connectivity index (χ0) is 12.2. The van der Waals surface area contributed by atoms with Gasteiger partial charge in [-0.2, -0.15) is 4.37 Å². The minimum atomic E-state index is -1.12. The molecule has 0 saturated heterocycles. The van der Waals surface area contributed by atoms with E-state index in [9.17, 15) is 9.90 Å². The van der Waals surface area contributed by atoms with Crippen LogP contribution >= 0.6 is 23.1 Å². The van der Waals surface area contributed by atoms with Gasteiger partial charge in [0.25, 0.3) is 5.91 Å². The van der Waals surface area contributed by atoms with Crippen molar-refractivity contribution in [2.75, 3.05) is 4.90 Å². The topological polar surface area (TPSA) is 66.3 Å². The van der Waals surface area contributed by atoms with Gasteiger partial charge in [0.1, 0.15) is 5.82 Å². The number of carbonyl (C=O) groups is 1. The molecule has 1 aromatic heterocycles. The summed E-state index contributed by atoms with van der Waals surface area (Å²) < 4.78 is 4.21. The van der Waals surface area contributed by atoms with Crippen molar-refractivity contribution in [2.45, 2.75) is 31.9 Å². The fourth-order valence-corrected chi connectivity index (χ4v) is 2.67. The van der Waals surface area contributed by atoms with Crippen LogP contribution in [0.3, 0.4) is 0 Å². The highest BCUT2D eigenvalue weighted by Crippen LogP contribution is 2.41. The standard InChI is InChI=1S/C10H10ClN3O2S/c1-4-6(11)9(16)14(8(4)15)10-12-7(13-17-10)5-2-3-5/h5,9,16H,2-3H2,1H3. The number of aliphatic hydroxyl groups is 1. The van der Waals surface area contributed by atoms with E-state index in [1.54, 1.807) is 6.92 Å². The Morgan fingerprint density at radius 2 is 2.24 bits per heavy atom. The molecule has 0 spiro atoms. The monoisotopic (exact) mass is 271 g/mol. The molecule has 0 bridgehead atoms. The molecule has 1 aliphatic carbocycles. The van der Waals surface area contributed by atoms with Gasteiger partial charge in [0.2, 0.25) is 5.13 Å². The molecule has 3 rings (SSSR count). The first-order valence-corrected chi connectivity index (χ1v) is 6.46. The lowest BCUT2D eigenvalue weighted by Gasteiger charge is -2.17.